The summed E-state index contributed by atoms with van der Waals surface area (Å²) in [5.41, 5.74) is 2.13. The number of hydrogen-bond donors (Lipinski definition) is 1. The number of benzene rings is 3. The van der Waals surface area contributed by atoms with Gasteiger partial charge < -0.3 is 14.6 Å². The number of carboxylic acid groups (broad SMARTS) is 1. The summed E-state index contributed by atoms with van der Waals surface area (Å²) in [6.45, 7) is -0.523. The molecule has 0 aromatic heterocycles. The molecule has 0 bridgehead atoms. The molecule has 32 heavy (non-hydrogen) atoms. The fourth-order valence-electron chi connectivity index (χ4n) is 2.92. The topological polar surface area (TPSA) is 89.9 Å². The third kappa shape index (κ3) is 5.82. The van der Waals surface area contributed by atoms with E-state index in [0.29, 0.717) is 27.5 Å². The molecule has 0 fully saturated rings. The highest BCUT2D eigenvalue weighted by molar-refractivity contribution is 7.90. The van der Waals surface area contributed by atoms with E-state index in [1.165, 1.54) is 12.1 Å². The monoisotopic (exact) mass is 470 g/mol. The SMILES string of the molecule is COc1ccc(-c2ccc(C#Cc3cc(Cl)ccc3OCC(=O)O)cc2S(C)(=O)=O)cc1. The predicted molar refractivity (Wildman–Crippen MR) is 122 cm³/mol. The smallest absolute Gasteiger partial charge is 0.341 e. The quantitative estimate of drug-likeness (QED) is 0.541. The first-order valence-electron chi connectivity index (χ1n) is 9.32. The molecule has 3 aromatic rings. The summed E-state index contributed by atoms with van der Waals surface area (Å²) in [7, 11) is -1.99. The van der Waals surface area contributed by atoms with Crippen molar-refractivity contribution in [2.45, 2.75) is 4.90 Å². The standard InChI is InChI=1S/C24H19ClO6S/c1-30-20-9-6-17(7-10-20)21-11-4-16(13-23(21)32(2,28)29)3-5-18-14-19(25)8-12-22(18)31-15-24(26)27/h4,6-14H,15H2,1-2H3,(H,26,27). The van der Waals surface area contributed by atoms with Crippen molar-refractivity contribution in [3.05, 3.63) is 76.8 Å². The molecule has 6 nitrogen and oxygen atoms in total. The minimum Gasteiger partial charge on any atom is -0.497 e. The first-order valence-corrected chi connectivity index (χ1v) is 11.6. The van der Waals surface area contributed by atoms with Crippen LogP contribution in [0.5, 0.6) is 11.5 Å². The number of halogens is 1. The molecule has 3 aromatic carbocycles. The van der Waals surface area contributed by atoms with Gasteiger partial charge in [-0.1, -0.05) is 41.6 Å². The second kappa shape index (κ2) is 9.77. The molecular formula is C24H19ClO6S. The Morgan fingerprint density at radius 2 is 1.75 bits per heavy atom. The normalized spacial score (nSPS) is 10.7. The maximum Gasteiger partial charge on any atom is 0.341 e. The van der Waals surface area contributed by atoms with E-state index in [-0.39, 0.29) is 10.6 Å². The van der Waals surface area contributed by atoms with Crippen LogP contribution in [0.4, 0.5) is 0 Å². The molecule has 0 saturated heterocycles. The second-order valence-electron chi connectivity index (χ2n) is 6.78. The van der Waals surface area contributed by atoms with E-state index >= 15 is 0 Å². The van der Waals surface area contributed by atoms with Gasteiger partial charge in [0.2, 0.25) is 0 Å². The number of aliphatic carboxylic acids is 1. The molecule has 0 heterocycles. The zero-order chi connectivity index (χ0) is 23.3. The number of carbonyl (C=O) groups is 1. The Hall–Kier alpha value is -3.47. The highest BCUT2D eigenvalue weighted by Gasteiger charge is 2.15. The van der Waals surface area contributed by atoms with E-state index < -0.39 is 22.4 Å². The van der Waals surface area contributed by atoms with E-state index in [9.17, 15) is 13.2 Å². The minimum absolute atomic E-state index is 0.142. The third-order valence-corrected chi connectivity index (χ3v) is 5.79. The molecule has 0 amide bonds. The first kappa shape index (κ1) is 23.2. The lowest BCUT2D eigenvalue weighted by molar-refractivity contribution is -0.139. The van der Waals surface area contributed by atoms with Crippen LogP contribution in [-0.2, 0) is 14.6 Å². The van der Waals surface area contributed by atoms with Crippen molar-refractivity contribution >= 4 is 27.4 Å². The van der Waals surface area contributed by atoms with Gasteiger partial charge in [-0.2, -0.15) is 0 Å². The van der Waals surface area contributed by atoms with Gasteiger partial charge in [-0.15, -0.1) is 0 Å². The van der Waals surface area contributed by atoms with Crippen LogP contribution in [0, 0.1) is 11.8 Å². The number of hydrogen-bond acceptors (Lipinski definition) is 5. The molecule has 0 saturated carbocycles. The van der Waals surface area contributed by atoms with Crippen LogP contribution < -0.4 is 9.47 Å². The van der Waals surface area contributed by atoms with Gasteiger partial charge in [0.15, 0.2) is 16.4 Å². The van der Waals surface area contributed by atoms with E-state index in [2.05, 4.69) is 11.8 Å². The number of methoxy groups -OCH3 is 1. The molecule has 8 heteroatoms. The van der Waals surface area contributed by atoms with Crippen LogP contribution in [0.15, 0.2) is 65.6 Å². The van der Waals surface area contributed by atoms with Gasteiger partial charge in [-0.25, -0.2) is 13.2 Å². The molecule has 0 unspecified atom stereocenters. The Labute approximate surface area is 191 Å². The largest absolute Gasteiger partial charge is 0.497 e. The summed E-state index contributed by atoms with van der Waals surface area (Å²) in [4.78, 5) is 10.9. The van der Waals surface area contributed by atoms with Crippen LogP contribution in [0.2, 0.25) is 5.02 Å². The van der Waals surface area contributed by atoms with Crippen LogP contribution in [-0.4, -0.2) is 39.5 Å². The Kier molecular flexibility index (Phi) is 7.08. The van der Waals surface area contributed by atoms with E-state index in [4.69, 9.17) is 26.2 Å². The van der Waals surface area contributed by atoms with Gasteiger partial charge in [0, 0.05) is 22.4 Å². The molecule has 1 N–H and O–H groups in total. The zero-order valence-corrected chi connectivity index (χ0v) is 18.8. The lowest BCUT2D eigenvalue weighted by atomic mass is 10.0. The Bertz CT molecular complexity index is 1320. The Morgan fingerprint density at radius 3 is 2.38 bits per heavy atom. The Balaban J connectivity index is 2.02. The Morgan fingerprint density at radius 1 is 1.03 bits per heavy atom. The van der Waals surface area contributed by atoms with Crippen molar-refractivity contribution in [1.29, 1.82) is 0 Å². The zero-order valence-electron chi connectivity index (χ0n) is 17.3. The second-order valence-corrected chi connectivity index (χ2v) is 9.21. The number of carboxylic acids is 1. The summed E-state index contributed by atoms with van der Waals surface area (Å²) < 4.78 is 35.3. The van der Waals surface area contributed by atoms with Crippen LogP contribution in [0.1, 0.15) is 11.1 Å². The lowest BCUT2D eigenvalue weighted by Crippen LogP contribution is -2.10. The van der Waals surface area contributed by atoms with Gasteiger partial charge in [-0.3, -0.25) is 0 Å². The number of rotatable bonds is 6. The summed E-state index contributed by atoms with van der Waals surface area (Å²) in [6.07, 6.45) is 1.14. The predicted octanol–water partition coefficient (Wildman–Crippen LogP) is 4.28. The molecule has 0 aliphatic carbocycles. The molecule has 164 valence electrons. The van der Waals surface area contributed by atoms with Gasteiger partial charge in [0.05, 0.1) is 17.6 Å². The average Bonchev–Trinajstić information content (AvgIpc) is 2.76. The average molecular weight is 471 g/mol. The van der Waals surface area contributed by atoms with Crippen molar-refractivity contribution in [3.63, 3.8) is 0 Å². The molecule has 0 atom stereocenters. The van der Waals surface area contributed by atoms with E-state index in [1.54, 1.807) is 55.6 Å². The lowest BCUT2D eigenvalue weighted by Gasteiger charge is -2.10. The van der Waals surface area contributed by atoms with Crippen LogP contribution in [0.3, 0.4) is 0 Å². The minimum atomic E-state index is -3.55. The van der Waals surface area contributed by atoms with Crippen molar-refractivity contribution in [1.82, 2.24) is 0 Å². The number of ether oxygens (including phenoxy) is 2. The van der Waals surface area contributed by atoms with Gasteiger partial charge in [0.1, 0.15) is 11.5 Å². The molecule has 0 aliphatic rings. The summed E-state index contributed by atoms with van der Waals surface area (Å²) in [5.74, 6) is 5.60. The molecule has 0 spiro atoms. The van der Waals surface area contributed by atoms with Gasteiger partial charge in [-0.05, 0) is 48.0 Å². The molecule has 3 rings (SSSR count). The molecule has 0 radical (unpaired) electrons. The van der Waals surface area contributed by atoms with E-state index in [1.807, 2.05) is 0 Å². The van der Waals surface area contributed by atoms with Gasteiger partial charge >= 0.3 is 5.97 Å². The molecular weight excluding hydrogens is 452 g/mol. The first-order chi connectivity index (χ1) is 15.2. The van der Waals surface area contributed by atoms with Crippen molar-refractivity contribution in [3.8, 4) is 34.5 Å². The van der Waals surface area contributed by atoms with Crippen molar-refractivity contribution in [2.24, 2.45) is 0 Å². The van der Waals surface area contributed by atoms with E-state index in [0.717, 1.165) is 11.8 Å². The number of sulfone groups is 1. The summed E-state index contributed by atoms with van der Waals surface area (Å²) in [6, 6.07) is 16.6. The van der Waals surface area contributed by atoms with Gasteiger partial charge in [0.25, 0.3) is 0 Å². The maximum absolute atomic E-state index is 12.5. The highest BCUT2D eigenvalue weighted by Crippen LogP contribution is 2.30. The fourth-order valence-corrected chi connectivity index (χ4v) is 4.02. The van der Waals surface area contributed by atoms with Crippen LogP contribution in [0.25, 0.3) is 11.1 Å². The summed E-state index contributed by atoms with van der Waals surface area (Å²) in [5, 5.41) is 9.24. The maximum atomic E-state index is 12.5. The van der Waals surface area contributed by atoms with Crippen molar-refractivity contribution < 1.29 is 27.8 Å². The highest BCUT2D eigenvalue weighted by atomic mass is 35.5. The third-order valence-electron chi connectivity index (χ3n) is 4.42. The molecule has 0 aliphatic heterocycles. The van der Waals surface area contributed by atoms with Crippen LogP contribution >= 0.6 is 11.6 Å². The van der Waals surface area contributed by atoms with Crippen molar-refractivity contribution in [2.75, 3.05) is 20.0 Å². The summed E-state index contributed by atoms with van der Waals surface area (Å²) >= 11 is 6.03. The fraction of sp³-hybridized carbons (Fsp3) is 0.125.